The van der Waals surface area contributed by atoms with Gasteiger partial charge in [-0.25, -0.2) is 0 Å². The van der Waals surface area contributed by atoms with Crippen molar-refractivity contribution in [2.24, 2.45) is 0 Å². The molecular weight excluding hydrogens is 274 g/mol. The maximum absolute atomic E-state index is 5.81. The molecule has 0 aliphatic rings. The first-order valence-electron chi connectivity index (χ1n) is 7.08. The third kappa shape index (κ3) is 3.20. The Bertz CT molecular complexity index is 771. The number of aryl methyl sites for hydroxylation is 1. The molecular formula is C17H17N5. The van der Waals surface area contributed by atoms with Crippen molar-refractivity contribution in [3.8, 4) is 11.4 Å². The molecule has 3 aromatic rings. The third-order valence-corrected chi connectivity index (χ3v) is 3.33. The van der Waals surface area contributed by atoms with Gasteiger partial charge in [-0.2, -0.15) is 15.0 Å². The summed E-state index contributed by atoms with van der Waals surface area (Å²) < 4.78 is 0. The summed E-state index contributed by atoms with van der Waals surface area (Å²) in [6.07, 6.45) is 0. The largest absolute Gasteiger partial charge is 0.368 e. The van der Waals surface area contributed by atoms with Crippen LogP contribution in [0.2, 0.25) is 0 Å². The fourth-order valence-corrected chi connectivity index (χ4v) is 2.19. The van der Waals surface area contributed by atoms with E-state index in [0.717, 1.165) is 16.7 Å². The predicted octanol–water partition coefficient (Wildman–Crippen LogP) is 3.04. The second kappa shape index (κ2) is 6.22. The van der Waals surface area contributed by atoms with Gasteiger partial charge >= 0.3 is 0 Å². The van der Waals surface area contributed by atoms with Gasteiger partial charge in [0.1, 0.15) is 0 Å². The number of anilines is 2. The Hall–Kier alpha value is -2.95. The minimum atomic E-state index is 0.212. The lowest BCUT2D eigenvalue weighted by molar-refractivity contribution is 1.02. The summed E-state index contributed by atoms with van der Waals surface area (Å²) >= 11 is 0. The molecule has 0 fully saturated rings. The molecule has 0 bridgehead atoms. The highest BCUT2D eigenvalue weighted by Crippen LogP contribution is 2.20. The average molecular weight is 291 g/mol. The number of hydrogen-bond donors (Lipinski definition) is 2. The van der Waals surface area contributed by atoms with Crippen LogP contribution >= 0.6 is 0 Å². The number of nitrogens with one attached hydrogen (secondary N) is 1. The van der Waals surface area contributed by atoms with Gasteiger partial charge in [0.15, 0.2) is 5.82 Å². The predicted molar refractivity (Wildman–Crippen MR) is 88.2 cm³/mol. The number of nitrogen functional groups attached to an aromatic ring is 1. The maximum Gasteiger partial charge on any atom is 0.228 e. The summed E-state index contributed by atoms with van der Waals surface area (Å²) in [6, 6.07) is 18.0. The van der Waals surface area contributed by atoms with E-state index in [1.165, 1.54) is 0 Å². The molecule has 0 saturated carbocycles. The van der Waals surface area contributed by atoms with Gasteiger partial charge in [0.05, 0.1) is 0 Å². The van der Waals surface area contributed by atoms with E-state index in [9.17, 15) is 0 Å². The minimum Gasteiger partial charge on any atom is -0.368 e. The zero-order chi connectivity index (χ0) is 15.4. The van der Waals surface area contributed by atoms with Crippen molar-refractivity contribution in [3.63, 3.8) is 0 Å². The zero-order valence-corrected chi connectivity index (χ0v) is 12.3. The van der Waals surface area contributed by atoms with Crippen LogP contribution in [0.1, 0.15) is 11.1 Å². The van der Waals surface area contributed by atoms with Crippen LogP contribution in [0.4, 0.5) is 11.9 Å². The van der Waals surface area contributed by atoms with Gasteiger partial charge in [0.25, 0.3) is 0 Å². The van der Waals surface area contributed by atoms with Crippen molar-refractivity contribution in [3.05, 3.63) is 65.7 Å². The smallest absolute Gasteiger partial charge is 0.228 e. The molecule has 0 saturated heterocycles. The number of benzene rings is 2. The van der Waals surface area contributed by atoms with Crippen molar-refractivity contribution < 1.29 is 0 Å². The quantitative estimate of drug-likeness (QED) is 0.772. The van der Waals surface area contributed by atoms with Gasteiger partial charge in [-0.05, 0) is 18.1 Å². The van der Waals surface area contributed by atoms with Gasteiger partial charge in [-0.3, -0.25) is 0 Å². The molecule has 110 valence electrons. The van der Waals surface area contributed by atoms with Crippen LogP contribution in [0.25, 0.3) is 11.4 Å². The zero-order valence-electron chi connectivity index (χ0n) is 12.3. The van der Waals surface area contributed by atoms with Crippen molar-refractivity contribution >= 4 is 11.9 Å². The highest BCUT2D eigenvalue weighted by Gasteiger charge is 2.08. The van der Waals surface area contributed by atoms with Crippen LogP contribution in [0, 0.1) is 6.92 Å². The Labute approximate surface area is 129 Å². The minimum absolute atomic E-state index is 0.212. The van der Waals surface area contributed by atoms with E-state index < -0.39 is 0 Å². The van der Waals surface area contributed by atoms with Gasteiger partial charge in [0, 0.05) is 12.1 Å². The number of hydrogen-bond acceptors (Lipinski definition) is 5. The first kappa shape index (κ1) is 14.0. The number of rotatable bonds is 4. The van der Waals surface area contributed by atoms with E-state index in [2.05, 4.69) is 20.3 Å². The standard InChI is InChI=1S/C17H17N5/c1-12-7-5-6-10-14(12)15-20-16(18)22-17(21-15)19-11-13-8-3-2-4-9-13/h2-10H,11H2,1H3,(H3,18,19,20,21,22). The molecule has 5 nitrogen and oxygen atoms in total. The summed E-state index contributed by atoms with van der Waals surface area (Å²) in [7, 11) is 0. The van der Waals surface area contributed by atoms with E-state index in [4.69, 9.17) is 5.73 Å². The fraction of sp³-hybridized carbons (Fsp3) is 0.118. The van der Waals surface area contributed by atoms with Crippen molar-refractivity contribution in [1.82, 2.24) is 15.0 Å². The molecule has 0 radical (unpaired) electrons. The number of nitrogens with two attached hydrogens (primary N) is 1. The third-order valence-electron chi connectivity index (χ3n) is 3.33. The molecule has 2 aromatic carbocycles. The van der Waals surface area contributed by atoms with Crippen LogP contribution in [-0.4, -0.2) is 15.0 Å². The Morgan fingerprint density at radius 1 is 0.909 bits per heavy atom. The summed E-state index contributed by atoms with van der Waals surface area (Å²) in [5.41, 5.74) is 9.02. The van der Waals surface area contributed by atoms with E-state index in [1.807, 2.05) is 61.5 Å². The monoisotopic (exact) mass is 291 g/mol. The molecule has 0 amide bonds. The van der Waals surface area contributed by atoms with Gasteiger partial charge in [0.2, 0.25) is 11.9 Å². The lowest BCUT2D eigenvalue weighted by Crippen LogP contribution is -2.08. The molecule has 0 unspecified atom stereocenters. The maximum atomic E-state index is 5.81. The van der Waals surface area contributed by atoms with Gasteiger partial charge in [-0.1, -0.05) is 54.6 Å². The molecule has 0 atom stereocenters. The molecule has 1 aromatic heterocycles. The van der Waals surface area contributed by atoms with Crippen LogP contribution in [0.15, 0.2) is 54.6 Å². The second-order valence-electron chi connectivity index (χ2n) is 4.99. The second-order valence-corrected chi connectivity index (χ2v) is 4.99. The summed E-state index contributed by atoms with van der Waals surface area (Å²) in [5, 5.41) is 3.19. The van der Waals surface area contributed by atoms with Crippen LogP contribution in [0.3, 0.4) is 0 Å². The molecule has 3 N–H and O–H groups in total. The number of nitrogens with zero attached hydrogens (tertiary/aromatic N) is 3. The lowest BCUT2D eigenvalue weighted by Gasteiger charge is -2.09. The van der Waals surface area contributed by atoms with Crippen molar-refractivity contribution in [1.29, 1.82) is 0 Å². The Kier molecular flexibility index (Phi) is 3.96. The fourth-order valence-electron chi connectivity index (χ4n) is 2.19. The van der Waals surface area contributed by atoms with E-state index in [-0.39, 0.29) is 5.95 Å². The Morgan fingerprint density at radius 3 is 2.41 bits per heavy atom. The molecule has 5 heteroatoms. The Morgan fingerprint density at radius 2 is 1.64 bits per heavy atom. The molecule has 3 rings (SSSR count). The molecule has 0 aliphatic heterocycles. The number of aromatic nitrogens is 3. The topological polar surface area (TPSA) is 76.7 Å². The molecule has 22 heavy (non-hydrogen) atoms. The van der Waals surface area contributed by atoms with Crippen LogP contribution in [0.5, 0.6) is 0 Å². The van der Waals surface area contributed by atoms with E-state index >= 15 is 0 Å². The first-order valence-corrected chi connectivity index (χ1v) is 7.08. The van der Waals surface area contributed by atoms with E-state index in [1.54, 1.807) is 0 Å². The Balaban J connectivity index is 1.86. The average Bonchev–Trinajstić information content (AvgIpc) is 2.54. The molecule has 0 aliphatic carbocycles. The summed E-state index contributed by atoms with van der Waals surface area (Å²) in [6.45, 7) is 2.66. The van der Waals surface area contributed by atoms with Crippen LogP contribution in [-0.2, 0) is 6.54 Å². The summed E-state index contributed by atoms with van der Waals surface area (Å²) in [4.78, 5) is 12.9. The van der Waals surface area contributed by atoms with Crippen LogP contribution < -0.4 is 11.1 Å². The van der Waals surface area contributed by atoms with Crippen molar-refractivity contribution in [2.45, 2.75) is 13.5 Å². The first-order chi connectivity index (χ1) is 10.7. The SMILES string of the molecule is Cc1ccccc1-c1nc(N)nc(NCc2ccccc2)n1. The van der Waals surface area contributed by atoms with E-state index in [0.29, 0.717) is 18.3 Å². The van der Waals surface area contributed by atoms with Crippen molar-refractivity contribution in [2.75, 3.05) is 11.1 Å². The highest BCUT2D eigenvalue weighted by molar-refractivity contribution is 5.61. The molecule has 1 heterocycles. The molecule has 0 spiro atoms. The lowest BCUT2D eigenvalue weighted by atomic mass is 10.1. The van der Waals surface area contributed by atoms with Gasteiger partial charge in [-0.15, -0.1) is 0 Å². The van der Waals surface area contributed by atoms with Gasteiger partial charge < -0.3 is 11.1 Å². The highest BCUT2D eigenvalue weighted by atomic mass is 15.2. The summed E-state index contributed by atoms with van der Waals surface area (Å²) in [5.74, 6) is 1.28. The normalized spacial score (nSPS) is 10.4.